The van der Waals surface area contributed by atoms with Crippen LogP contribution in [0.5, 0.6) is 11.8 Å². The maximum atomic E-state index is 6.23. The van der Waals surface area contributed by atoms with Crippen LogP contribution in [-0.2, 0) is 0 Å². The van der Waals surface area contributed by atoms with Gasteiger partial charge in [0.1, 0.15) is 6.10 Å². The number of pyridine rings is 2. The third kappa shape index (κ3) is 9.18. The molecule has 0 saturated carbocycles. The lowest BCUT2D eigenvalue weighted by Crippen LogP contribution is -2.17. The summed E-state index contributed by atoms with van der Waals surface area (Å²) in [6.45, 7) is 16.0. The minimum absolute atomic E-state index is 0.134. The van der Waals surface area contributed by atoms with Gasteiger partial charge >= 0.3 is 0 Å². The lowest BCUT2D eigenvalue weighted by Gasteiger charge is -2.21. The molecule has 0 amide bonds. The molecule has 2 aromatic heterocycles. The Morgan fingerprint density at radius 3 is 2.31 bits per heavy atom. The van der Waals surface area contributed by atoms with Crippen molar-refractivity contribution in [3.8, 4) is 11.8 Å². The average molecular weight is 441 g/mol. The molecule has 4 nitrogen and oxygen atoms in total. The van der Waals surface area contributed by atoms with Gasteiger partial charge in [0.05, 0.1) is 6.61 Å². The molecule has 178 valence electrons. The van der Waals surface area contributed by atoms with Crippen molar-refractivity contribution >= 4 is 0 Å². The van der Waals surface area contributed by atoms with Gasteiger partial charge in [-0.05, 0) is 61.0 Å². The van der Waals surface area contributed by atoms with E-state index in [1.54, 1.807) is 0 Å². The smallest absolute Gasteiger partial charge is 0.213 e. The Morgan fingerprint density at radius 2 is 1.72 bits per heavy atom. The molecule has 0 N–H and O–H groups in total. The molecule has 0 aliphatic carbocycles. The van der Waals surface area contributed by atoms with Gasteiger partial charge in [-0.15, -0.1) is 0 Å². The van der Waals surface area contributed by atoms with E-state index in [-0.39, 0.29) is 11.5 Å². The fourth-order valence-corrected chi connectivity index (χ4v) is 3.76. The predicted octanol–water partition coefficient (Wildman–Crippen LogP) is 7.94. The third-order valence-electron chi connectivity index (χ3n) is 5.68. The van der Waals surface area contributed by atoms with Gasteiger partial charge in [0.15, 0.2) is 0 Å². The van der Waals surface area contributed by atoms with E-state index in [2.05, 4.69) is 70.6 Å². The average Bonchev–Trinajstić information content (AvgIpc) is 2.76. The van der Waals surface area contributed by atoms with Gasteiger partial charge in [0, 0.05) is 24.0 Å². The Balaban J connectivity index is 1.90. The standard InChI is InChI=1S/C28H44N2O2/c1-8-12-22(23-17-18-26(29-19-23)31-20-28(5,6)7)13-10-14-24(9-2)32-27-16-11-15-25(30-27)21(3)4/h11,15-19,21-22,24H,8-10,12-14,20H2,1-7H3. The summed E-state index contributed by atoms with van der Waals surface area (Å²) in [5, 5.41) is 0. The second-order valence-corrected chi connectivity index (χ2v) is 10.4. The third-order valence-corrected chi connectivity index (χ3v) is 5.68. The van der Waals surface area contributed by atoms with E-state index in [1.165, 1.54) is 18.4 Å². The zero-order chi connectivity index (χ0) is 23.6. The summed E-state index contributed by atoms with van der Waals surface area (Å²) >= 11 is 0. The normalized spacial score (nSPS) is 13.8. The molecule has 0 spiro atoms. The van der Waals surface area contributed by atoms with Crippen LogP contribution in [-0.4, -0.2) is 22.7 Å². The molecule has 0 aliphatic rings. The molecule has 0 fully saturated rings. The van der Waals surface area contributed by atoms with Crippen LogP contribution in [0.2, 0.25) is 0 Å². The first-order valence-corrected chi connectivity index (χ1v) is 12.4. The molecule has 4 heteroatoms. The molecule has 2 rings (SSSR count). The summed E-state index contributed by atoms with van der Waals surface area (Å²) in [6.07, 6.45) is 8.89. The molecule has 2 unspecified atom stereocenters. The highest BCUT2D eigenvalue weighted by molar-refractivity contribution is 5.21. The Bertz CT molecular complexity index is 781. The minimum atomic E-state index is 0.134. The molecule has 2 atom stereocenters. The summed E-state index contributed by atoms with van der Waals surface area (Å²) < 4.78 is 12.1. The maximum Gasteiger partial charge on any atom is 0.213 e. The fourth-order valence-electron chi connectivity index (χ4n) is 3.76. The first kappa shape index (κ1) is 26.2. The van der Waals surface area contributed by atoms with Crippen molar-refractivity contribution in [2.75, 3.05) is 6.61 Å². The number of nitrogens with zero attached hydrogens (tertiary/aromatic N) is 2. The number of hydrogen-bond acceptors (Lipinski definition) is 4. The lowest BCUT2D eigenvalue weighted by atomic mass is 9.90. The van der Waals surface area contributed by atoms with Gasteiger partial charge in [0.2, 0.25) is 11.8 Å². The van der Waals surface area contributed by atoms with E-state index in [0.29, 0.717) is 18.4 Å². The largest absolute Gasteiger partial charge is 0.477 e. The van der Waals surface area contributed by atoms with Crippen molar-refractivity contribution < 1.29 is 9.47 Å². The Hall–Kier alpha value is -2.10. The van der Waals surface area contributed by atoms with E-state index < -0.39 is 0 Å². The quantitative estimate of drug-likeness (QED) is 0.317. The van der Waals surface area contributed by atoms with Crippen LogP contribution in [0.15, 0.2) is 36.5 Å². The van der Waals surface area contributed by atoms with Crippen molar-refractivity contribution in [3.05, 3.63) is 47.8 Å². The van der Waals surface area contributed by atoms with Crippen molar-refractivity contribution in [2.45, 2.75) is 105 Å². The summed E-state index contributed by atoms with van der Waals surface area (Å²) in [4.78, 5) is 9.24. The molecular formula is C28H44N2O2. The molecule has 2 heterocycles. The SMILES string of the molecule is CCCC(CCCC(CC)Oc1cccc(C(C)C)n1)c1ccc(OCC(C)(C)C)nc1. The van der Waals surface area contributed by atoms with Gasteiger partial charge in [-0.2, -0.15) is 0 Å². The molecule has 0 bridgehead atoms. The van der Waals surface area contributed by atoms with Crippen LogP contribution in [0.3, 0.4) is 0 Å². The molecular weight excluding hydrogens is 396 g/mol. The highest BCUT2D eigenvalue weighted by Crippen LogP contribution is 2.29. The van der Waals surface area contributed by atoms with Gasteiger partial charge in [-0.25, -0.2) is 9.97 Å². The molecule has 0 aromatic carbocycles. The van der Waals surface area contributed by atoms with Crippen molar-refractivity contribution in [1.29, 1.82) is 0 Å². The minimum Gasteiger partial charge on any atom is -0.477 e. The van der Waals surface area contributed by atoms with E-state index in [4.69, 9.17) is 9.47 Å². The maximum absolute atomic E-state index is 6.23. The summed E-state index contributed by atoms with van der Waals surface area (Å²) in [5.41, 5.74) is 2.53. The van der Waals surface area contributed by atoms with Crippen molar-refractivity contribution in [1.82, 2.24) is 9.97 Å². The molecule has 0 saturated heterocycles. The van der Waals surface area contributed by atoms with Crippen LogP contribution in [0.4, 0.5) is 0 Å². The Morgan fingerprint density at radius 1 is 0.938 bits per heavy atom. The number of rotatable bonds is 13. The van der Waals surface area contributed by atoms with Crippen LogP contribution < -0.4 is 9.47 Å². The molecule has 32 heavy (non-hydrogen) atoms. The zero-order valence-corrected chi connectivity index (χ0v) is 21.4. The zero-order valence-electron chi connectivity index (χ0n) is 21.4. The number of aromatic nitrogens is 2. The van der Waals surface area contributed by atoms with Crippen LogP contribution >= 0.6 is 0 Å². The monoisotopic (exact) mass is 440 g/mol. The predicted molar refractivity (Wildman–Crippen MR) is 134 cm³/mol. The molecule has 0 aliphatic heterocycles. The second-order valence-electron chi connectivity index (χ2n) is 10.4. The van der Waals surface area contributed by atoms with E-state index in [0.717, 1.165) is 43.1 Å². The van der Waals surface area contributed by atoms with Gasteiger partial charge < -0.3 is 9.47 Å². The van der Waals surface area contributed by atoms with Gasteiger partial charge in [0.25, 0.3) is 0 Å². The topological polar surface area (TPSA) is 44.2 Å². The second kappa shape index (κ2) is 12.8. The molecule has 0 radical (unpaired) electrons. The van der Waals surface area contributed by atoms with E-state index >= 15 is 0 Å². The molecule has 2 aromatic rings. The van der Waals surface area contributed by atoms with Crippen molar-refractivity contribution in [3.63, 3.8) is 0 Å². The highest BCUT2D eigenvalue weighted by atomic mass is 16.5. The van der Waals surface area contributed by atoms with Crippen LogP contribution in [0.1, 0.15) is 110 Å². The highest BCUT2D eigenvalue weighted by Gasteiger charge is 2.16. The number of ether oxygens (including phenoxy) is 2. The number of hydrogen-bond donors (Lipinski definition) is 0. The summed E-state index contributed by atoms with van der Waals surface area (Å²) in [6, 6.07) is 10.3. The van der Waals surface area contributed by atoms with Gasteiger partial charge in [-0.1, -0.05) is 67.0 Å². The summed E-state index contributed by atoms with van der Waals surface area (Å²) in [7, 11) is 0. The van der Waals surface area contributed by atoms with Crippen LogP contribution in [0.25, 0.3) is 0 Å². The van der Waals surface area contributed by atoms with E-state index in [9.17, 15) is 0 Å². The summed E-state index contributed by atoms with van der Waals surface area (Å²) in [5.74, 6) is 2.41. The van der Waals surface area contributed by atoms with Gasteiger partial charge in [-0.3, -0.25) is 0 Å². The van der Waals surface area contributed by atoms with Crippen molar-refractivity contribution in [2.24, 2.45) is 5.41 Å². The fraction of sp³-hybridized carbons (Fsp3) is 0.643. The van der Waals surface area contributed by atoms with Crippen LogP contribution in [0, 0.1) is 5.41 Å². The first-order valence-electron chi connectivity index (χ1n) is 12.4. The first-order chi connectivity index (χ1) is 15.2. The Kier molecular flexibility index (Phi) is 10.5. The van der Waals surface area contributed by atoms with E-state index in [1.807, 2.05) is 24.4 Å². The lowest BCUT2D eigenvalue weighted by molar-refractivity contribution is 0.173. The Labute approximate surface area is 196 Å².